The molecule has 0 amide bonds. The van der Waals surface area contributed by atoms with Gasteiger partial charge in [-0.25, -0.2) is 0 Å². The van der Waals surface area contributed by atoms with Crippen LogP contribution in [0.25, 0.3) is 0 Å². The number of hydrogen-bond acceptors (Lipinski definition) is 3. The summed E-state index contributed by atoms with van der Waals surface area (Å²) in [5.74, 6) is 0. The van der Waals surface area contributed by atoms with E-state index in [1.807, 2.05) is 0 Å². The summed E-state index contributed by atoms with van der Waals surface area (Å²) in [4.78, 5) is 4.60. The van der Waals surface area contributed by atoms with E-state index in [4.69, 9.17) is 4.74 Å². The minimum Gasteiger partial charge on any atom is -0.383 e. The van der Waals surface area contributed by atoms with Crippen molar-refractivity contribution in [1.29, 1.82) is 0 Å². The van der Waals surface area contributed by atoms with E-state index >= 15 is 0 Å². The molecule has 0 bridgehead atoms. The van der Waals surface area contributed by atoms with Crippen LogP contribution in [0, 0.1) is 0 Å². The molecule has 0 saturated heterocycles. The van der Waals surface area contributed by atoms with Crippen LogP contribution in [0.2, 0.25) is 0 Å². The Bertz CT molecular complexity index is 96.5. The third-order valence-electron chi connectivity index (χ3n) is 1.92. The summed E-state index contributed by atoms with van der Waals surface area (Å²) in [6.45, 7) is 7.43. The van der Waals surface area contributed by atoms with Crippen molar-refractivity contribution in [2.75, 3.05) is 54.0 Å². The summed E-state index contributed by atoms with van der Waals surface area (Å²) in [6.07, 6.45) is 0. The normalized spacial score (nSPS) is 11.5. The SMILES string of the molecule is CCN(CCOC)CCN(C)C. The molecule has 74 valence electrons. The first kappa shape index (κ1) is 11.9. The maximum atomic E-state index is 5.03. The van der Waals surface area contributed by atoms with Crippen LogP contribution in [-0.2, 0) is 4.74 Å². The van der Waals surface area contributed by atoms with Gasteiger partial charge in [-0.1, -0.05) is 6.92 Å². The Morgan fingerprint density at radius 1 is 1.08 bits per heavy atom. The minimum atomic E-state index is 0.835. The average molecular weight is 174 g/mol. The van der Waals surface area contributed by atoms with E-state index in [0.29, 0.717) is 0 Å². The Morgan fingerprint density at radius 3 is 2.17 bits per heavy atom. The Kier molecular flexibility index (Phi) is 7.45. The summed E-state index contributed by atoms with van der Waals surface area (Å²) >= 11 is 0. The topological polar surface area (TPSA) is 15.7 Å². The molecule has 0 heterocycles. The molecule has 12 heavy (non-hydrogen) atoms. The zero-order chi connectivity index (χ0) is 9.40. The highest BCUT2D eigenvalue weighted by Crippen LogP contribution is 1.88. The van der Waals surface area contributed by atoms with Crippen LogP contribution in [0.4, 0.5) is 0 Å². The number of rotatable bonds is 7. The molecule has 3 heteroatoms. The first-order valence-corrected chi connectivity index (χ1v) is 4.56. The van der Waals surface area contributed by atoms with Gasteiger partial charge in [0, 0.05) is 26.7 Å². The van der Waals surface area contributed by atoms with Crippen LogP contribution in [0.3, 0.4) is 0 Å². The molecule has 0 unspecified atom stereocenters. The molecule has 0 N–H and O–H groups in total. The summed E-state index contributed by atoms with van der Waals surface area (Å²) < 4.78 is 5.03. The third kappa shape index (κ3) is 6.58. The van der Waals surface area contributed by atoms with Gasteiger partial charge in [-0.3, -0.25) is 0 Å². The summed E-state index contributed by atoms with van der Waals surface area (Å²) in [5.41, 5.74) is 0. The number of methoxy groups -OCH3 is 1. The average Bonchev–Trinajstić information content (AvgIpc) is 2.05. The number of ether oxygens (including phenoxy) is 1. The van der Waals surface area contributed by atoms with E-state index in [1.165, 1.54) is 0 Å². The first-order chi connectivity index (χ1) is 5.70. The summed E-state index contributed by atoms with van der Waals surface area (Å²) in [5, 5.41) is 0. The van der Waals surface area contributed by atoms with Gasteiger partial charge >= 0.3 is 0 Å². The van der Waals surface area contributed by atoms with E-state index in [-0.39, 0.29) is 0 Å². The molecule has 0 radical (unpaired) electrons. The fraction of sp³-hybridized carbons (Fsp3) is 1.00. The Morgan fingerprint density at radius 2 is 1.75 bits per heavy atom. The van der Waals surface area contributed by atoms with Gasteiger partial charge in [0.15, 0.2) is 0 Å². The van der Waals surface area contributed by atoms with Crippen molar-refractivity contribution in [3.8, 4) is 0 Å². The highest BCUT2D eigenvalue weighted by atomic mass is 16.5. The molecule has 0 aliphatic carbocycles. The van der Waals surface area contributed by atoms with Crippen molar-refractivity contribution in [3.05, 3.63) is 0 Å². The van der Waals surface area contributed by atoms with Gasteiger partial charge in [0.1, 0.15) is 0 Å². The second kappa shape index (κ2) is 7.53. The van der Waals surface area contributed by atoms with E-state index < -0.39 is 0 Å². The van der Waals surface area contributed by atoms with Gasteiger partial charge in [-0.05, 0) is 20.6 Å². The van der Waals surface area contributed by atoms with E-state index in [1.54, 1.807) is 7.11 Å². The van der Waals surface area contributed by atoms with Crippen LogP contribution >= 0.6 is 0 Å². The summed E-state index contributed by atoms with van der Waals surface area (Å²) in [7, 11) is 5.95. The van der Waals surface area contributed by atoms with Crippen LogP contribution in [0.1, 0.15) is 6.92 Å². The van der Waals surface area contributed by atoms with Crippen LogP contribution in [0.15, 0.2) is 0 Å². The van der Waals surface area contributed by atoms with Crippen molar-refractivity contribution in [2.24, 2.45) is 0 Å². The fourth-order valence-corrected chi connectivity index (χ4v) is 0.990. The number of nitrogens with zero attached hydrogens (tertiary/aromatic N) is 2. The molecule has 3 nitrogen and oxygen atoms in total. The fourth-order valence-electron chi connectivity index (χ4n) is 0.990. The van der Waals surface area contributed by atoms with Gasteiger partial charge in [-0.15, -0.1) is 0 Å². The standard InChI is InChI=1S/C9H22N2O/c1-5-11(8-9-12-4)7-6-10(2)3/h5-9H2,1-4H3. The molecule has 0 aromatic carbocycles. The molecule has 0 atom stereocenters. The number of hydrogen-bond donors (Lipinski definition) is 0. The maximum Gasteiger partial charge on any atom is 0.0589 e. The minimum absolute atomic E-state index is 0.835. The number of likely N-dealkylation sites (N-methyl/N-ethyl adjacent to an activating group) is 2. The van der Waals surface area contributed by atoms with Crippen molar-refractivity contribution >= 4 is 0 Å². The van der Waals surface area contributed by atoms with Crippen LogP contribution in [-0.4, -0.2) is 63.8 Å². The van der Waals surface area contributed by atoms with Crippen molar-refractivity contribution in [2.45, 2.75) is 6.92 Å². The zero-order valence-electron chi connectivity index (χ0n) is 8.84. The highest BCUT2D eigenvalue weighted by molar-refractivity contribution is 4.56. The van der Waals surface area contributed by atoms with Gasteiger partial charge in [0.2, 0.25) is 0 Å². The lowest BCUT2D eigenvalue weighted by Crippen LogP contribution is -2.33. The van der Waals surface area contributed by atoms with Gasteiger partial charge in [0.25, 0.3) is 0 Å². The van der Waals surface area contributed by atoms with Crippen molar-refractivity contribution in [3.63, 3.8) is 0 Å². The Labute approximate surface area is 76.3 Å². The Hall–Kier alpha value is -0.120. The molecule has 0 aliphatic rings. The molecular weight excluding hydrogens is 152 g/mol. The van der Waals surface area contributed by atoms with E-state index in [0.717, 1.165) is 32.8 Å². The lowest BCUT2D eigenvalue weighted by molar-refractivity contribution is 0.145. The van der Waals surface area contributed by atoms with Gasteiger partial charge in [0.05, 0.1) is 6.61 Å². The Balaban J connectivity index is 3.39. The lowest BCUT2D eigenvalue weighted by atomic mass is 10.4. The quantitative estimate of drug-likeness (QED) is 0.559. The third-order valence-corrected chi connectivity index (χ3v) is 1.92. The molecule has 0 aromatic rings. The highest BCUT2D eigenvalue weighted by Gasteiger charge is 2.01. The smallest absolute Gasteiger partial charge is 0.0589 e. The van der Waals surface area contributed by atoms with Gasteiger partial charge in [-0.2, -0.15) is 0 Å². The van der Waals surface area contributed by atoms with Crippen molar-refractivity contribution < 1.29 is 4.74 Å². The molecular formula is C9H22N2O. The second-order valence-corrected chi connectivity index (χ2v) is 3.23. The van der Waals surface area contributed by atoms with Crippen LogP contribution in [0.5, 0.6) is 0 Å². The molecule has 0 aliphatic heterocycles. The lowest BCUT2D eigenvalue weighted by Gasteiger charge is -2.21. The van der Waals surface area contributed by atoms with E-state index in [9.17, 15) is 0 Å². The van der Waals surface area contributed by atoms with E-state index in [2.05, 4.69) is 30.8 Å². The van der Waals surface area contributed by atoms with Crippen LogP contribution < -0.4 is 0 Å². The zero-order valence-corrected chi connectivity index (χ0v) is 8.84. The summed E-state index contributed by atoms with van der Waals surface area (Å²) in [6, 6.07) is 0. The molecule has 0 spiro atoms. The second-order valence-electron chi connectivity index (χ2n) is 3.23. The first-order valence-electron chi connectivity index (χ1n) is 4.56. The molecule has 0 aromatic heterocycles. The monoisotopic (exact) mass is 174 g/mol. The molecule has 0 rings (SSSR count). The largest absolute Gasteiger partial charge is 0.383 e. The maximum absolute atomic E-state index is 5.03. The molecule has 0 saturated carbocycles. The predicted molar refractivity (Wildman–Crippen MR) is 52.5 cm³/mol. The predicted octanol–water partition coefficient (Wildman–Crippen LogP) is 0.516. The van der Waals surface area contributed by atoms with Gasteiger partial charge < -0.3 is 14.5 Å². The molecule has 0 fully saturated rings. The van der Waals surface area contributed by atoms with Crippen molar-refractivity contribution in [1.82, 2.24) is 9.80 Å².